The van der Waals surface area contributed by atoms with Crippen molar-refractivity contribution < 1.29 is 0 Å². The van der Waals surface area contributed by atoms with E-state index in [2.05, 4.69) is 104 Å². The first kappa shape index (κ1) is 19.5. The molecule has 0 N–H and O–H groups in total. The standard InChI is InChI=1S/C12H18.C11H16/c1-5-12(3,4)11-8-6-10(2)7-9-11;1-9-5-7-10(8-6-9)11(2,3)4/h6-9H,5H2,1-4H3;5-8H,1-4H3. The summed E-state index contributed by atoms with van der Waals surface area (Å²) in [5.41, 5.74) is 6.13. The van der Waals surface area contributed by atoms with Crippen molar-refractivity contribution in [3.63, 3.8) is 0 Å². The van der Waals surface area contributed by atoms with Crippen molar-refractivity contribution in [3.8, 4) is 0 Å². The molecule has 23 heavy (non-hydrogen) atoms. The number of aryl methyl sites for hydroxylation is 2. The van der Waals surface area contributed by atoms with E-state index >= 15 is 0 Å². The summed E-state index contributed by atoms with van der Waals surface area (Å²) in [5.74, 6) is 0. The van der Waals surface area contributed by atoms with Gasteiger partial charge in [0.2, 0.25) is 0 Å². The highest BCUT2D eigenvalue weighted by Crippen LogP contribution is 2.26. The van der Waals surface area contributed by atoms with Gasteiger partial charge >= 0.3 is 0 Å². The summed E-state index contributed by atoms with van der Waals surface area (Å²) >= 11 is 0. The second kappa shape index (κ2) is 7.81. The molecule has 2 rings (SSSR count). The van der Waals surface area contributed by atoms with Crippen molar-refractivity contribution in [2.24, 2.45) is 0 Å². The maximum absolute atomic E-state index is 2.29. The predicted molar refractivity (Wildman–Crippen MR) is 104 cm³/mol. The summed E-state index contributed by atoms with van der Waals surface area (Å²) in [4.78, 5) is 0. The molecule has 0 spiro atoms. The third-order valence-electron chi connectivity index (χ3n) is 4.63. The van der Waals surface area contributed by atoms with Gasteiger partial charge in [-0.2, -0.15) is 0 Å². The van der Waals surface area contributed by atoms with Gasteiger partial charge in [-0.25, -0.2) is 0 Å². The molecule has 126 valence electrons. The van der Waals surface area contributed by atoms with Gasteiger partial charge in [0.05, 0.1) is 0 Å². The Hall–Kier alpha value is -1.56. The van der Waals surface area contributed by atoms with E-state index in [1.165, 1.54) is 28.7 Å². The van der Waals surface area contributed by atoms with Gasteiger partial charge in [-0.05, 0) is 42.2 Å². The lowest BCUT2D eigenvalue weighted by Gasteiger charge is -2.23. The molecule has 0 unspecified atom stereocenters. The molecular formula is C23H34. The van der Waals surface area contributed by atoms with Crippen LogP contribution < -0.4 is 0 Å². The summed E-state index contributed by atoms with van der Waals surface area (Å²) in [6.45, 7) is 17.8. The minimum atomic E-state index is 0.285. The van der Waals surface area contributed by atoms with Crippen LogP contribution in [0.15, 0.2) is 48.5 Å². The minimum Gasteiger partial charge on any atom is -0.0646 e. The quantitative estimate of drug-likeness (QED) is 0.561. The van der Waals surface area contributed by atoms with Crippen LogP contribution >= 0.6 is 0 Å². The van der Waals surface area contributed by atoms with Crippen LogP contribution in [0.25, 0.3) is 0 Å². The van der Waals surface area contributed by atoms with Crippen LogP contribution in [0.2, 0.25) is 0 Å². The van der Waals surface area contributed by atoms with Crippen molar-refractivity contribution in [2.75, 3.05) is 0 Å². The van der Waals surface area contributed by atoms with E-state index in [0.29, 0.717) is 5.41 Å². The van der Waals surface area contributed by atoms with Crippen molar-refractivity contribution in [3.05, 3.63) is 70.8 Å². The molecular weight excluding hydrogens is 276 g/mol. The summed E-state index contributed by atoms with van der Waals surface area (Å²) in [7, 11) is 0. The first-order chi connectivity index (χ1) is 10.6. The molecule has 2 aromatic rings. The van der Waals surface area contributed by atoms with E-state index in [1.54, 1.807) is 0 Å². The smallest absolute Gasteiger partial charge is 0.0106 e. The van der Waals surface area contributed by atoms with Crippen LogP contribution in [0.5, 0.6) is 0 Å². The van der Waals surface area contributed by atoms with E-state index in [0.717, 1.165) is 0 Å². The zero-order valence-electron chi connectivity index (χ0n) is 16.3. The van der Waals surface area contributed by atoms with Gasteiger partial charge in [0.25, 0.3) is 0 Å². The van der Waals surface area contributed by atoms with E-state index in [-0.39, 0.29) is 5.41 Å². The van der Waals surface area contributed by atoms with E-state index in [9.17, 15) is 0 Å². The van der Waals surface area contributed by atoms with Gasteiger partial charge in [0.1, 0.15) is 0 Å². The lowest BCUT2D eigenvalue weighted by molar-refractivity contribution is 0.506. The molecule has 0 aromatic heterocycles. The fourth-order valence-electron chi connectivity index (χ4n) is 2.26. The normalized spacial score (nSPS) is 11.7. The Morgan fingerprint density at radius 1 is 0.609 bits per heavy atom. The summed E-state index contributed by atoms with van der Waals surface area (Å²) in [5, 5.41) is 0. The molecule has 0 aliphatic carbocycles. The van der Waals surface area contributed by atoms with Crippen LogP contribution in [0, 0.1) is 13.8 Å². The number of rotatable bonds is 2. The predicted octanol–water partition coefficient (Wildman–Crippen LogP) is 6.98. The van der Waals surface area contributed by atoms with Crippen LogP contribution in [-0.4, -0.2) is 0 Å². The molecule has 2 aromatic carbocycles. The highest BCUT2D eigenvalue weighted by molar-refractivity contribution is 5.27. The third kappa shape index (κ3) is 6.22. The molecule has 0 saturated heterocycles. The maximum atomic E-state index is 2.29. The van der Waals surface area contributed by atoms with Crippen LogP contribution in [-0.2, 0) is 10.8 Å². The van der Waals surface area contributed by atoms with E-state index in [1.807, 2.05) is 0 Å². The van der Waals surface area contributed by atoms with Crippen LogP contribution in [0.1, 0.15) is 70.2 Å². The van der Waals surface area contributed by atoms with E-state index < -0.39 is 0 Å². The number of hydrogen-bond donors (Lipinski definition) is 0. The molecule has 0 aliphatic heterocycles. The third-order valence-corrected chi connectivity index (χ3v) is 4.63. The molecule has 0 atom stereocenters. The van der Waals surface area contributed by atoms with Gasteiger partial charge in [-0.15, -0.1) is 0 Å². The molecule has 0 heteroatoms. The Bertz CT molecular complexity index is 577. The first-order valence-corrected chi connectivity index (χ1v) is 8.70. The van der Waals surface area contributed by atoms with Gasteiger partial charge in [0, 0.05) is 0 Å². The van der Waals surface area contributed by atoms with Crippen LogP contribution in [0.3, 0.4) is 0 Å². The van der Waals surface area contributed by atoms with Gasteiger partial charge < -0.3 is 0 Å². The molecule has 0 heterocycles. The molecule has 0 fully saturated rings. The topological polar surface area (TPSA) is 0 Å². The van der Waals surface area contributed by atoms with Crippen molar-refractivity contribution >= 4 is 0 Å². The SMILES string of the molecule is CCC(C)(C)c1ccc(C)cc1.Cc1ccc(C(C)(C)C)cc1. The van der Waals surface area contributed by atoms with Crippen molar-refractivity contribution in [2.45, 2.75) is 72.6 Å². The molecule has 0 bridgehead atoms. The largest absolute Gasteiger partial charge is 0.0646 e. The summed E-state index contributed by atoms with van der Waals surface area (Å²) in [6.07, 6.45) is 1.19. The fraction of sp³-hybridized carbons (Fsp3) is 0.478. The van der Waals surface area contributed by atoms with E-state index in [4.69, 9.17) is 0 Å². The Balaban J connectivity index is 0.000000231. The Labute approximate surface area is 144 Å². The molecule has 0 saturated carbocycles. The fourth-order valence-corrected chi connectivity index (χ4v) is 2.26. The molecule has 0 radical (unpaired) electrons. The monoisotopic (exact) mass is 310 g/mol. The Morgan fingerprint density at radius 2 is 0.957 bits per heavy atom. The highest BCUT2D eigenvalue weighted by Gasteiger charge is 2.16. The maximum Gasteiger partial charge on any atom is -0.0106 e. The minimum absolute atomic E-state index is 0.285. The van der Waals surface area contributed by atoms with Gasteiger partial charge in [0.15, 0.2) is 0 Å². The van der Waals surface area contributed by atoms with Crippen molar-refractivity contribution in [1.29, 1.82) is 0 Å². The lowest BCUT2D eigenvalue weighted by Crippen LogP contribution is -2.14. The number of hydrogen-bond acceptors (Lipinski definition) is 0. The summed E-state index contributed by atoms with van der Waals surface area (Å²) in [6, 6.07) is 17.6. The highest BCUT2D eigenvalue weighted by atomic mass is 14.2. The molecule has 0 amide bonds. The Kier molecular flexibility index (Phi) is 6.62. The van der Waals surface area contributed by atoms with Crippen LogP contribution in [0.4, 0.5) is 0 Å². The Morgan fingerprint density at radius 3 is 1.26 bits per heavy atom. The molecule has 0 aliphatic rings. The second-order valence-electron chi connectivity index (χ2n) is 8.22. The van der Waals surface area contributed by atoms with Crippen molar-refractivity contribution in [1.82, 2.24) is 0 Å². The van der Waals surface area contributed by atoms with Gasteiger partial charge in [-0.1, -0.05) is 101 Å². The first-order valence-electron chi connectivity index (χ1n) is 8.70. The molecule has 0 nitrogen and oxygen atoms in total. The average molecular weight is 311 g/mol. The average Bonchev–Trinajstić information content (AvgIpc) is 2.48. The second-order valence-corrected chi connectivity index (χ2v) is 8.22. The lowest BCUT2D eigenvalue weighted by atomic mass is 9.82. The zero-order chi connectivity index (χ0) is 17.7. The zero-order valence-corrected chi connectivity index (χ0v) is 16.3. The summed E-state index contributed by atoms with van der Waals surface area (Å²) < 4.78 is 0. The number of benzene rings is 2. The van der Waals surface area contributed by atoms with Gasteiger partial charge in [-0.3, -0.25) is 0 Å².